The second-order valence-corrected chi connectivity index (χ2v) is 5.89. The lowest BCUT2D eigenvalue weighted by atomic mass is 10.0. The highest BCUT2D eigenvalue weighted by Gasteiger charge is 2.36. The molecule has 0 saturated carbocycles. The van der Waals surface area contributed by atoms with Crippen molar-refractivity contribution in [1.29, 1.82) is 0 Å². The summed E-state index contributed by atoms with van der Waals surface area (Å²) in [6, 6.07) is 3.54. The summed E-state index contributed by atoms with van der Waals surface area (Å²) in [5.74, 6) is -1.96. The van der Waals surface area contributed by atoms with Gasteiger partial charge in [0.05, 0.1) is 30.9 Å². The van der Waals surface area contributed by atoms with Crippen molar-refractivity contribution in [3.05, 3.63) is 59.1 Å². The molecule has 0 aliphatic heterocycles. The molecule has 1 N–H and O–H groups in total. The number of alkyl halides is 3. The van der Waals surface area contributed by atoms with Crippen molar-refractivity contribution in [2.45, 2.75) is 12.2 Å². The molecule has 1 aromatic heterocycles. The number of nitrogens with zero attached hydrogens (tertiary/aromatic N) is 2. The Balaban J connectivity index is 2.35. The Morgan fingerprint density at radius 3 is 2.41 bits per heavy atom. The first-order chi connectivity index (χ1) is 12.6. The summed E-state index contributed by atoms with van der Waals surface area (Å²) in [5, 5.41) is 2.47. The van der Waals surface area contributed by atoms with Gasteiger partial charge in [-0.25, -0.2) is 9.78 Å². The lowest BCUT2D eigenvalue weighted by molar-refractivity contribution is -0.145. The van der Waals surface area contributed by atoms with Crippen LogP contribution in [0.25, 0.3) is 5.57 Å². The number of hydrogen-bond donors (Lipinski definition) is 1. The Bertz CT molecular complexity index is 860. The average molecular weight is 402 g/mol. The number of benzene rings is 1. The van der Waals surface area contributed by atoms with Gasteiger partial charge < -0.3 is 14.6 Å². The standard InChI is InChI=1S/C17H15ClF3N3O3/c1-24-9-22-8-13(24)15(16(26)27-2)23-14(25)7-12(17(19,20)21)10-3-5-11(18)6-4-10/h3-9,15H,1-2H3,(H,23,25)/b12-7-. The van der Waals surface area contributed by atoms with Crippen LogP contribution in [-0.4, -0.2) is 34.7 Å². The van der Waals surface area contributed by atoms with Crippen LogP contribution in [-0.2, 0) is 21.4 Å². The molecule has 10 heteroatoms. The predicted octanol–water partition coefficient (Wildman–Crippen LogP) is 3.05. The topological polar surface area (TPSA) is 73.2 Å². The molecule has 0 bridgehead atoms. The molecule has 144 valence electrons. The highest BCUT2D eigenvalue weighted by Crippen LogP contribution is 2.34. The maximum atomic E-state index is 13.4. The zero-order chi connectivity index (χ0) is 20.2. The molecule has 2 rings (SSSR count). The van der Waals surface area contributed by atoms with Crippen LogP contribution < -0.4 is 5.32 Å². The quantitative estimate of drug-likeness (QED) is 0.617. The third-order valence-electron chi connectivity index (χ3n) is 3.61. The van der Waals surface area contributed by atoms with Crippen molar-refractivity contribution >= 4 is 29.1 Å². The molecule has 0 saturated heterocycles. The van der Waals surface area contributed by atoms with E-state index in [1.807, 2.05) is 0 Å². The Morgan fingerprint density at radius 2 is 1.93 bits per heavy atom. The fraction of sp³-hybridized carbons (Fsp3) is 0.235. The molecule has 27 heavy (non-hydrogen) atoms. The van der Waals surface area contributed by atoms with Crippen LogP contribution in [0.1, 0.15) is 17.3 Å². The number of halogens is 4. The van der Waals surface area contributed by atoms with Gasteiger partial charge in [0.25, 0.3) is 0 Å². The van der Waals surface area contributed by atoms with Crippen LogP contribution in [0.4, 0.5) is 13.2 Å². The van der Waals surface area contributed by atoms with Gasteiger partial charge >= 0.3 is 12.1 Å². The molecule has 1 unspecified atom stereocenters. The highest BCUT2D eigenvalue weighted by molar-refractivity contribution is 6.30. The van der Waals surface area contributed by atoms with Gasteiger partial charge in [-0.05, 0) is 17.7 Å². The molecule has 2 aromatic rings. The number of aryl methyl sites for hydroxylation is 1. The van der Waals surface area contributed by atoms with E-state index in [0.29, 0.717) is 6.08 Å². The van der Waals surface area contributed by atoms with E-state index < -0.39 is 29.7 Å². The van der Waals surface area contributed by atoms with Crippen LogP contribution in [0.3, 0.4) is 0 Å². The second kappa shape index (κ2) is 8.26. The summed E-state index contributed by atoms with van der Waals surface area (Å²) in [6.45, 7) is 0. The summed E-state index contributed by atoms with van der Waals surface area (Å²) in [5.41, 5.74) is -1.16. The average Bonchev–Trinajstić information content (AvgIpc) is 3.02. The molecular formula is C17H15ClF3N3O3. The van der Waals surface area contributed by atoms with E-state index in [2.05, 4.69) is 15.0 Å². The van der Waals surface area contributed by atoms with E-state index in [-0.39, 0.29) is 16.3 Å². The number of esters is 1. The second-order valence-electron chi connectivity index (χ2n) is 5.46. The largest absolute Gasteiger partial charge is 0.467 e. The van der Waals surface area contributed by atoms with Gasteiger partial charge in [0.2, 0.25) is 5.91 Å². The number of rotatable bonds is 5. The number of ether oxygens (including phenoxy) is 1. The lowest BCUT2D eigenvalue weighted by Crippen LogP contribution is -2.35. The van der Waals surface area contributed by atoms with Crippen LogP contribution >= 0.6 is 11.6 Å². The summed E-state index contributed by atoms with van der Waals surface area (Å²) < 4.78 is 46.2. The minimum absolute atomic E-state index is 0.239. The SMILES string of the molecule is COC(=O)C(NC(=O)/C=C(/c1ccc(Cl)cc1)C(F)(F)F)c1cncn1C. The van der Waals surface area contributed by atoms with E-state index in [4.69, 9.17) is 11.6 Å². The number of nitrogens with one attached hydrogen (secondary N) is 1. The van der Waals surface area contributed by atoms with Crippen molar-refractivity contribution in [2.75, 3.05) is 7.11 Å². The first-order valence-electron chi connectivity index (χ1n) is 7.53. The third kappa shape index (κ3) is 5.10. The van der Waals surface area contributed by atoms with Gasteiger partial charge in [0.15, 0.2) is 6.04 Å². The molecule has 1 amide bonds. The van der Waals surface area contributed by atoms with Crippen LogP contribution in [0.15, 0.2) is 42.9 Å². The first-order valence-corrected chi connectivity index (χ1v) is 7.90. The minimum atomic E-state index is -4.79. The fourth-order valence-electron chi connectivity index (χ4n) is 2.29. The minimum Gasteiger partial charge on any atom is -0.467 e. The summed E-state index contributed by atoms with van der Waals surface area (Å²) in [6.07, 6.45) is -1.73. The molecule has 0 radical (unpaired) electrons. The molecule has 1 atom stereocenters. The summed E-state index contributed by atoms with van der Waals surface area (Å²) >= 11 is 5.69. The lowest BCUT2D eigenvalue weighted by Gasteiger charge is -2.17. The molecule has 0 aliphatic rings. The van der Waals surface area contributed by atoms with Crippen molar-refractivity contribution in [3.63, 3.8) is 0 Å². The van der Waals surface area contributed by atoms with E-state index in [1.165, 1.54) is 29.2 Å². The predicted molar refractivity (Wildman–Crippen MR) is 91.6 cm³/mol. The monoisotopic (exact) mass is 401 g/mol. The van der Waals surface area contributed by atoms with Gasteiger partial charge in [-0.15, -0.1) is 0 Å². The summed E-state index contributed by atoms with van der Waals surface area (Å²) in [7, 11) is 2.66. The number of methoxy groups -OCH3 is 1. The zero-order valence-electron chi connectivity index (χ0n) is 14.2. The molecule has 0 spiro atoms. The Hall–Kier alpha value is -2.81. The van der Waals surface area contributed by atoms with Crippen LogP contribution in [0, 0.1) is 0 Å². The van der Waals surface area contributed by atoms with Gasteiger partial charge in [-0.3, -0.25) is 4.79 Å². The van der Waals surface area contributed by atoms with Crippen molar-refractivity contribution in [2.24, 2.45) is 7.05 Å². The normalized spacial score (nSPS) is 13.2. The molecule has 0 aliphatic carbocycles. The van der Waals surface area contributed by atoms with Crippen LogP contribution in [0.5, 0.6) is 0 Å². The van der Waals surface area contributed by atoms with Gasteiger partial charge in [-0.1, -0.05) is 23.7 Å². The number of hydrogen-bond acceptors (Lipinski definition) is 4. The molecule has 0 fully saturated rings. The Kier molecular flexibility index (Phi) is 6.27. The fourth-order valence-corrected chi connectivity index (χ4v) is 2.42. The van der Waals surface area contributed by atoms with Crippen LogP contribution in [0.2, 0.25) is 5.02 Å². The number of allylic oxidation sites excluding steroid dienone is 1. The third-order valence-corrected chi connectivity index (χ3v) is 3.86. The number of amides is 1. The molecule has 1 aromatic carbocycles. The van der Waals surface area contributed by atoms with Crippen molar-refractivity contribution < 1.29 is 27.5 Å². The Morgan fingerprint density at radius 1 is 1.30 bits per heavy atom. The summed E-state index contributed by atoms with van der Waals surface area (Å²) in [4.78, 5) is 28.0. The smallest absolute Gasteiger partial charge is 0.417 e. The number of imidazole rings is 1. The number of aromatic nitrogens is 2. The zero-order valence-corrected chi connectivity index (χ0v) is 15.0. The van der Waals surface area contributed by atoms with E-state index >= 15 is 0 Å². The van der Waals surface area contributed by atoms with E-state index in [1.54, 1.807) is 7.05 Å². The van der Waals surface area contributed by atoms with Crippen molar-refractivity contribution in [3.8, 4) is 0 Å². The van der Waals surface area contributed by atoms with Crippen molar-refractivity contribution in [1.82, 2.24) is 14.9 Å². The van der Waals surface area contributed by atoms with Gasteiger partial charge in [-0.2, -0.15) is 13.2 Å². The highest BCUT2D eigenvalue weighted by atomic mass is 35.5. The van der Waals surface area contributed by atoms with Gasteiger partial charge in [0.1, 0.15) is 0 Å². The number of carbonyl (C=O) groups is 2. The van der Waals surface area contributed by atoms with E-state index in [9.17, 15) is 22.8 Å². The number of carbonyl (C=O) groups excluding carboxylic acids is 2. The first kappa shape index (κ1) is 20.5. The van der Waals surface area contributed by atoms with E-state index in [0.717, 1.165) is 19.2 Å². The molecule has 1 heterocycles. The maximum absolute atomic E-state index is 13.4. The maximum Gasteiger partial charge on any atom is 0.417 e. The molecule has 6 nitrogen and oxygen atoms in total. The molecular weight excluding hydrogens is 387 g/mol. The van der Waals surface area contributed by atoms with Gasteiger partial charge in [0, 0.05) is 18.1 Å². The Labute approximate surface area is 157 Å².